The fourth-order valence-corrected chi connectivity index (χ4v) is 9.34. The van der Waals surface area contributed by atoms with Gasteiger partial charge in [-0.3, -0.25) is 4.79 Å². The zero-order valence-electron chi connectivity index (χ0n) is 31.6. The van der Waals surface area contributed by atoms with E-state index in [1.54, 1.807) is 18.2 Å². The number of nitrogens with two attached hydrogens (primary N) is 1. The number of amides is 1. The summed E-state index contributed by atoms with van der Waals surface area (Å²) in [7, 11) is -4.18. The van der Waals surface area contributed by atoms with Crippen molar-refractivity contribution in [1.82, 2.24) is 15.3 Å². The van der Waals surface area contributed by atoms with Gasteiger partial charge in [0.2, 0.25) is 11.8 Å². The fraction of sp³-hybridized carbons (Fsp3) is 0.550. The molecule has 3 aliphatic rings. The highest BCUT2D eigenvalue weighted by Crippen LogP contribution is 2.59. The van der Waals surface area contributed by atoms with Crippen LogP contribution in [0.3, 0.4) is 0 Å². The quantitative estimate of drug-likeness (QED) is 0.171. The monoisotopic (exact) mass is 731 g/mol. The van der Waals surface area contributed by atoms with Crippen LogP contribution in [0, 0.1) is 36.5 Å². The number of alkyl carbamates (subject to hydrolysis) is 1. The highest BCUT2D eigenvalue weighted by atomic mass is 32.2. The Labute approximate surface area is 307 Å². The molecule has 280 valence electrons. The number of aromatic nitrogens is 2. The van der Waals surface area contributed by atoms with Crippen molar-refractivity contribution in [2.45, 2.75) is 116 Å². The molecular formula is C40H53N5O6S. The second kappa shape index (κ2) is 13.4. The molecule has 2 aromatic carbocycles. The molecule has 12 heteroatoms. The summed E-state index contributed by atoms with van der Waals surface area (Å²) in [6.45, 7) is 16.2. The Hall–Kier alpha value is -4.03. The molecule has 1 aromatic heterocycles. The fourth-order valence-electron chi connectivity index (χ4n) is 8.35. The molecule has 0 aliphatic heterocycles. The zero-order valence-corrected chi connectivity index (χ0v) is 32.4. The first-order valence-electron chi connectivity index (χ1n) is 18.2. The molecule has 1 amide bonds. The molecule has 0 bridgehead atoms. The Kier molecular flexibility index (Phi) is 9.74. The van der Waals surface area contributed by atoms with Gasteiger partial charge in [-0.1, -0.05) is 51.1 Å². The Morgan fingerprint density at radius 2 is 1.58 bits per heavy atom. The van der Waals surface area contributed by atoms with Gasteiger partial charge in [0.05, 0.1) is 16.1 Å². The van der Waals surface area contributed by atoms with Crippen LogP contribution in [0.5, 0.6) is 5.88 Å². The van der Waals surface area contributed by atoms with Crippen LogP contribution >= 0.6 is 0 Å². The van der Waals surface area contributed by atoms with Gasteiger partial charge < -0.3 is 20.5 Å². The van der Waals surface area contributed by atoms with Gasteiger partial charge in [-0.15, -0.1) is 0 Å². The molecule has 1 spiro atoms. The van der Waals surface area contributed by atoms with E-state index in [4.69, 9.17) is 15.2 Å². The molecule has 3 aromatic rings. The maximum atomic E-state index is 13.8. The van der Waals surface area contributed by atoms with Crippen molar-refractivity contribution in [3.05, 3.63) is 65.2 Å². The van der Waals surface area contributed by atoms with Crippen LogP contribution in [-0.4, -0.2) is 54.1 Å². The molecule has 2 atom stereocenters. The van der Waals surface area contributed by atoms with Crippen LogP contribution in [-0.2, 0) is 14.8 Å². The predicted molar refractivity (Wildman–Crippen MR) is 201 cm³/mol. The number of ketones is 1. The Morgan fingerprint density at radius 3 is 2.19 bits per heavy atom. The molecular weight excluding hydrogens is 679 g/mol. The van der Waals surface area contributed by atoms with E-state index in [9.17, 15) is 18.0 Å². The minimum atomic E-state index is -4.18. The number of nitrogens with one attached hydrogen (secondary N) is 2. The van der Waals surface area contributed by atoms with Crippen molar-refractivity contribution in [3.8, 4) is 17.1 Å². The third-order valence-electron chi connectivity index (χ3n) is 10.8. The number of carbonyl (C=O) groups is 2. The van der Waals surface area contributed by atoms with E-state index >= 15 is 0 Å². The van der Waals surface area contributed by atoms with Crippen LogP contribution in [0.4, 0.5) is 10.7 Å². The van der Waals surface area contributed by atoms with Gasteiger partial charge in [-0.25, -0.2) is 22.9 Å². The number of nitrogens with zero attached hydrogens (tertiary/aromatic N) is 2. The highest BCUT2D eigenvalue weighted by Gasteiger charge is 2.57. The first kappa shape index (κ1) is 37.7. The van der Waals surface area contributed by atoms with Crippen molar-refractivity contribution in [1.29, 1.82) is 0 Å². The molecule has 11 nitrogen and oxygen atoms in total. The molecule has 52 heavy (non-hydrogen) atoms. The van der Waals surface area contributed by atoms with E-state index in [0.29, 0.717) is 17.7 Å². The second-order valence-corrected chi connectivity index (χ2v) is 19.3. The van der Waals surface area contributed by atoms with E-state index < -0.39 is 27.3 Å². The van der Waals surface area contributed by atoms with Crippen LogP contribution in [0.15, 0.2) is 53.4 Å². The molecule has 6 rings (SSSR count). The topological polar surface area (TPSA) is 163 Å². The first-order chi connectivity index (χ1) is 24.1. The number of carbonyl (C=O) groups excluding carboxylic acids is 2. The minimum absolute atomic E-state index is 0.0341. The van der Waals surface area contributed by atoms with Crippen molar-refractivity contribution < 1.29 is 27.5 Å². The number of hydrogen-bond acceptors (Lipinski definition) is 9. The summed E-state index contributed by atoms with van der Waals surface area (Å²) in [6, 6.07) is 13.8. The van der Waals surface area contributed by atoms with Crippen LogP contribution < -0.4 is 20.5 Å². The Bertz CT molecular complexity index is 1950. The van der Waals surface area contributed by atoms with Crippen LogP contribution in [0.2, 0.25) is 0 Å². The lowest BCUT2D eigenvalue weighted by atomic mass is 9.49. The standard InChI is InChI=1S/C40H53N5O6S/c1-24-11-9-12-25(2)34(24)30-17-33(50-23-40(41)22-32(40)37(3,4)5)44-35(43-30)45-52(48,49)29-14-10-13-27(16-29)31(46)15-26-18-39(19-26)20-28(21-39)42-36(47)51-38(6,7)8/h9-14,16-17,26,28,32H,15,18-23,41H2,1-8H3,(H,42,47)(H,43,44,45). The molecule has 0 saturated heterocycles. The third kappa shape index (κ3) is 8.44. The highest BCUT2D eigenvalue weighted by molar-refractivity contribution is 7.92. The van der Waals surface area contributed by atoms with E-state index in [1.165, 1.54) is 12.1 Å². The van der Waals surface area contributed by atoms with E-state index in [2.05, 4.69) is 40.8 Å². The van der Waals surface area contributed by atoms with Gasteiger partial charge in [-0.2, -0.15) is 4.98 Å². The Balaban J connectivity index is 1.12. The molecule has 3 saturated carbocycles. The molecule has 3 fully saturated rings. The van der Waals surface area contributed by atoms with E-state index in [-0.39, 0.29) is 57.8 Å². The average Bonchev–Trinajstić information content (AvgIpc) is 3.69. The lowest BCUT2D eigenvalue weighted by Gasteiger charge is -2.57. The van der Waals surface area contributed by atoms with Gasteiger partial charge in [-0.05, 0) is 113 Å². The zero-order chi connectivity index (χ0) is 37.9. The summed E-state index contributed by atoms with van der Waals surface area (Å²) >= 11 is 0. The maximum absolute atomic E-state index is 13.8. The minimum Gasteiger partial charge on any atom is -0.476 e. The van der Waals surface area contributed by atoms with E-state index in [0.717, 1.165) is 48.8 Å². The molecule has 0 radical (unpaired) electrons. The van der Waals surface area contributed by atoms with Crippen molar-refractivity contribution in [3.63, 3.8) is 0 Å². The molecule has 4 N–H and O–H groups in total. The van der Waals surface area contributed by atoms with Gasteiger partial charge in [0, 0.05) is 29.7 Å². The number of hydrogen-bond donors (Lipinski definition) is 3. The largest absolute Gasteiger partial charge is 0.476 e. The lowest BCUT2D eigenvalue weighted by molar-refractivity contribution is -0.0506. The van der Waals surface area contributed by atoms with Crippen LogP contribution in [0.25, 0.3) is 11.3 Å². The molecule has 2 unspecified atom stereocenters. The summed E-state index contributed by atoms with van der Waals surface area (Å²) in [5.74, 6) is 0.482. The maximum Gasteiger partial charge on any atom is 0.407 e. The van der Waals surface area contributed by atoms with Crippen molar-refractivity contribution >= 4 is 27.8 Å². The number of ether oxygens (including phenoxy) is 2. The van der Waals surface area contributed by atoms with Crippen molar-refractivity contribution in [2.24, 2.45) is 28.4 Å². The average molecular weight is 732 g/mol. The van der Waals surface area contributed by atoms with Gasteiger partial charge in [0.25, 0.3) is 10.0 Å². The smallest absolute Gasteiger partial charge is 0.407 e. The normalized spacial score (nSPS) is 25.4. The third-order valence-corrected chi connectivity index (χ3v) is 12.1. The molecule has 1 heterocycles. The number of rotatable bonds is 11. The number of aryl methyl sites for hydroxylation is 2. The number of anilines is 1. The first-order valence-corrected chi connectivity index (χ1v) is 19.7. The summed E-state index contributed by atoms with van der Waals surface area (Å²) < 4.78 is 41.6. The van der Waals surface area contributed by atoms with Gasteiger partial charge in [0.15, 0.2) is 5.78 Å². The number of benzene rings is 2. The summed E-state index contributed by atoms with van der Waals surface area (Å²) in [6.07, 6.45) is 4.33. The summed E-state index contributed by atoms with van der Waals surface area (Å²) in [4.78, 5) is 34.5. The SMILES string of the molecule is Cc1cccc(C)c1-c1cc(OCC2(N)CC2C(C)(C)C)nc(NS(=O)(=O)c2cccc(C(=O)CC3CC4(C3)CC(NC(=O)OC(C)(C)C)C4)c2)n1. The predicted octanol–water partition coefficient (Wildman–Crippen LogP) is 7.36. The molecule has 3 aliphatic carbocycles. The van der Waals surface area contributed by atoms with Gasteiger partial charge >= 0.3 is 6.09 Å². The number of sulfonamides is 1. The number of Topliss-reactive ketones (excluding diaryl/α,β-unsaturated/α-hetero) is 1. The van der Waals surface area contributed by atoms with E-state index in [1.807, 2.05) is 52.8 Å². The Morgan fingerprint density at radius 1 is 0.923 bits per heavy atom. The second-order valence-electron chi connectivity index (χ2n) is 17.6. The summed E-state index contributed by atoms with van der Waals surface area (Å²) in [5, 5.41) is 2.94. The lowest BCUT2D eigenvalue weighted by Crippen LogP contribution is -2.56. The van der Waals surface area contributed by atoms with Gasteiger partial charge in [0.1, 0.15) is 12.2 Å². The van der Waals surface area contributed by atoms with Crippen LogP contribution in [0.1, 0.15) is 102 Å². The van der Waals surface area contributed by atoms with Crippen molar-refractivity contribution in [2.75, 3.05) is 11.3 Å². The summed E-state index contributed by atoms with van der Waals surface area (Å²) in [5.41, 5.74) is 9.48.